The predicted molar refractivity (Wildman–Crippen MR) is 113 cm³/mol. The molecule has 138 valence electrons. The zero-order valence-corrected chi connectivity index (χ0v) is 16.6. The molecule has 0 amide bonds. The summed E-state index contributed by atoms with van der Waals surface area (Å²) in [6.07, 6.45) is 4.12. The Bertz CT molecular complexity index is 1030. The number of ketones is 1. The minimum absolute atomic E-state index is 0.0335. The molecule has 2 aromatic carbocycles. The molecule has 2 nitrogen and oxygen atoms in total. The number of rotatable bonds is 3. The molecule has 0 radical (unpaired) electrons. The van der Waals surface area contributed by atoms with E-state index in [2.05, 4.69) is 50.9 Å². The van der Waals surface area contributed by atoms with Crippen LogP contribution in [0.1, 0.15) is 50.9 Å². The van der Waals surface area contributed by atoms with Gasteiger partial charge in [-0.25, -0.2) is 0 Å². The summed E-state index contributed by atoms with van der Waals surface area (Å²) >= 11 is 0. The Morgan fingerprint density at radius 2 is 1.59 bits per heavy atom. The SMILES string of the molecule is CC1(C)C=C(C(=O)c2c(-c3ccccc3)[nH]c3ccccc23)CC(C)(C)C1. The molecule has 0 aliphatic heterocycles. The number of fused-ring (bicyclic) bond motifs is 1. The summed E-state index contributed by atoms with van der Waals surface area (Å²) in [6.45, 7) is 8.99. The minimum Gasteiger partial charge on any atom is -0.354 e. The van der Waals surface area contributed by atoms with Gasteiger partial charge in [0.15, 0.2) is 5.78 Å². The maximum absolute atomic E-state index is 13.8. The Morgan fingerprint density at radius 1 is 0.926 bits per heavy atom. The van der Waals surface area contributed by atoms with E-state index in [0.29, 0.717) is 0 Å². The van der Waals surface area contributed by atoms with Crippen LogP contribution in [0.5, 0.6) is 0 Å². The van der Waals surface area contributed by atoms with Crippen molar-refractivity contribution in [1.82, 2.24) is 4.98 Å². The number of aromatic nitrogens is 1. The molecule has 0 saturated carbocycles. The number of allylic oxidation sites excluding steroid dienone is 2. The average Bonchev–Trinajstić information content (AvgIpc) is 2.98. The molecule has 1 heterocycles. The Labute approximate surface area is 161 Å². The lowest BCUT2D eigenvalue weighted by Crippen LogP contribution is -2.29. The van der Waals surface area contributed by atoms with Crippen LogP contribution in [-0.2, 0) is 0 Å². The minimum atomic E-state index is 0.0335. The van der Waals surface area contributed by atoms with E-state index in [1.165, 1.54) is 0 Å². The summed E-state index contributed by atoms with van der Waals surface area (Å²) < 4.78 is 0. The molecule has 27 heavy (non-hydrogen) atoms. The van der Waals surface area contributed by atoms with Crippen LogP contribution in [0.25, 0.3) is 22.2 Å². The Kier molecular flexibility index (Phi) is 4.10. The van der Waals surface area contributed by atoms with Crippen molar-refractivity contribution >= 4 is 16.7 Å². The van der Waals surface area contributed by atoms with Gasteiger partial charge in [-0.3, -0.25) is 4.79 Å². The number of hydrogen-bond acceptors (Lipinski definition) is 1. The molecule has 2 heteroatoms. The molecule has 1 aromatic heterocycles. The fraction of sp³-hybridized carbons (Fsp3) is 0.320. The zero-order chi connectivity index (χ0) is 19.2. The second-order valence-electron chi connectivity index (χ2n) is 9.29. The highest BCUT2D eigenvalue weighted by molar-refractivity contribution is 6.20. The van der Waals surface area contributed by atoms with Crippen molar-refractivity contribution in [2.24, 2.45) is 10.8 Å². The first-order chi connectivity index (χ1) is 12.8. The van der Waals surface area contributed by atoms with E-state index in [-0.39, 0.29) is 16.6 Å². The van der Waals surface area contributed by atoms with Crippen molar-refractivity contribution in [3.8, 4) is 11.3 Å². The van der Waals surface area contributed by atoms with Crippen molar-refractivity contribution in [2.75, 3.05) is 0 Å². The topological polar surface area (TPSA) is 32.9 Å². The highest BCUT2D eigenvalue weighted by atomic mass is 16.1. The Hall–Kier alpha value is -2.61. The number of Topliss-reactive ketones (excluding diaryl/α,β-unsaturated/α-hetero) is 1. The van der Waals surface area contributed by atoms with Gasteiger partial charge in [0, 0.05) is 10.9 Å². The van der Waals surface area contributed by atoms with Gasteiger partial charge in [0.05, 0.1) is 11.3 Å². The number of benzene rings is 2. The molecular weight excluding hydrogens is 330 g/mol. The smallest absolute Gasteiger partial charge is 0.191 e. The first-order valence-electron chi connectivity index (χ1n) is 9.68. The maximum Gasteiger partial charge on any atom is 0.191 e. The van der Waals surface area contributed by atoms with Crippen molar-refractivity contribution < 1.29 is 4.79 Å². The number of hydrogen-bond donors (Lipinski definition) is 1. The quantitative estimate of drug-likeness (QED) is 0.514. The first-order valence-corrected chi connectivity index (χ1v) is 9.68. The lowest BCUT2D eigenvalue weighted by molar-refractivity contribution is 0.100. The first kappa shape index (κ1) is 17.8. The highest BCUT2D eigenvalue weighted by Gasteiger charge is 2.36. The Balaban J connectivity index is 1.91. The van der Waals surface area contributed by atoms with E-state index in [9.17, 15) is 4.79 Å². The molecule has 0 fully saturated rings. The standard InChI is InChI=1S/C25H27NO/c1-24(2)14-18(15-25(3,4)16-24)23(27)21-19-12-8-9-13-20(19)26-22(21)17-10-6-5-7-11-17/h5-14,26H,15-16H2,1-4H3. The van der Waals surface area contributed by atoms with Gasteiger partial charge in [-0.15, -0.1) is 0 Å². The van der Waals surface area contributed by atoms with Gasteiger partial charge in [0.25, 0.3) is 0 Å². The summed E-state index contributed by atoms with van der Waals surface area (Å²) in [6, 6.07) is 18.3. The zero-order valence-electron chi connectivity index (χ0n) is 16.6. The van der Waals surface area contributed by atoms with Gasteiger partial charge >= 0.3 is 0 Å². The molecular formula is C25H27NO. The lowest BCUT2D eigenvalue weighted by Gasteiger charge is -2.39. The largest absolute Gasteiger partial charge is 0.354 e. The summed E-state index contributed by atoms with van der Waals surface area (Å²) in [5, 5.41) is 1.00. The molecule has 4 rings (SSSR count). The summed E-state index contributed by atoms with van der Waals surface area (Å²) in [5.74, 6) is 0.159. The number of carbonyl (C=O) groups is 1. The molecule has 0 spiro atoms. The molecule has 1 N–H and O–H groups in total. The normalized spacial score (nSPS) is 18.3. The van der Waals surface area contributed by atoms with Gasteiger partial charge in [-0.1, -0.05) is 82.3 Å². The van der Waals surface area contributed by atoms with E-state index >= 15 is 0 Å². The van der Waals surface area contributed by atoms with E-state index in [4.69, 9.17) is 0 Å². The summed E-state index contributed by atoms with van der Waals surface area (Å²) in [5.41, 5.74) is 4.88. The van der Waals surface area contributed by atoms with E-state index < -0.39 is 0 Å². The van der Waals surface area contributed by atoms with Crippen LogP contribution in [0.3, 0.4) is 0 Å². The number of aromatic amines is 1. The van der Waals surface area contributed by atoms with Gasteiger partial charge in [0.2, 0.25) is 0 Å². The van der Waals surface area contributed by atoms with E-state index in [0.717, 1.165) is 46.1 Å². The molecule has 1 aliphatic carbocycles. The fourth-order valence-electron chi connectivity index (χ4n) is 4.89. The third-order valence-electron chi connectivity index (χ3n) is 5.46. The number of H-pyrrole nitrogens is 1. The van der Waals surface area contributed by atoms with Crippen LogP contribution in [0, 0.1) is 10.8 Å². The predicted octanol–water partition coefficient (Wildman–Crippen LogP) is 6.79. The Morgan fingerprint density at radius 3 is 2.30 bits per heavy atom. The van der Waals surface area contributed by atoms with Crippen LogP contribution in [0.15, 0.2) is 66.2 Å². The fourth-order valence-corrected chi connectivity index (χ4v) is 4.89. The number of nitrogens with one attached hydrogen (secondary N) is 1. The van der Waals surface area contributed by atoms with E-state index in [1.807, 2.05) is 42.5 Å². The van der Waals surface area contributed by atoms with Crippen molar-refractivity contribution in [1.29, 1.82) is 0 Å². The molecule has 3 aromatic rings. The van der Waals surface area contributed by atoms with Gasteiger partial charge in [-0.05, 0) is 40.9 Å². The third kappa shape index (κ3) is 3.37. The molecule has 0 atom stereocenters. The number of carbonyl (C=O) groups excluding carboxylic acids is 1. The number of para-hydroxylation sites is 1. The second kappa shape index (κ2) is 6.23. The summed E-state index contributed by atoms with van der Waals surface area (Å²) in [4.78, 5) is 17.3. The molecule has 1 aliphatic rings. The van der Waals surface area contributed by atoms with Gasteiger partial charge < -0.3 is 4.98 Å². The highest BCUT2D eigenvalue weighted by Crippen LogP contribution is 2.46. The van der Waals surface area contributed by atoms with Crippen LogP contribution in [0.4, 0.5) is 0 Å². The maximum atomic E-state index is 13.8. The van der Waals surface area contributed by atoms with Crippen LogP contribution in [0.2, 0.25) is 0 Å². The third-order valence-corrected chi connectivity index (χ3v) is 5.46. The molecule has 0 saturated heterocycles. The van der Waals surface area contributed by atoms with Gasteiger partial charge in [-0.2, -0.15) is 0 Å². The lowest BCUT2D eigenvalue weighted by atomic mass is 9.66. The second-order valence-corrected chi connectivity index (χ2v) is 9.29. The monoisotopic (exact) mass is 357 g/mol. The van der Waals surface area contributed by atoms with Crippen molar-refractivity contribution in [3.63, 3.8) is 0 Å². The molecule has 0 unspecified atom stereocenters. The van der Waals surface area contributed by atoms with E-state index in [1.54, 1.807) is 0 Å². The van der Waals surface area contributed by atoms with Gasteiger partial charge in [0.1, 0.15) is 0 Å². The average molecular weight is 357 g/mol. The van der Waals surface area contributed by atoms with Crippen LogP contribution in [-0.4, -0.2) is 10.8 Å². The summed E-state index contributed by atoms with van der Waals surface area (Å²) in [7, 11) is 0. The van der Waals surface area contributed by atoms with Crippen LogP contribution >= 0.6 is 0 Å². The van der Waals surface area contributed by atoms with Crippen LogP contribution < -0.4 is 0 Å². The van der Waals surface area contributed by atoms with Crippen molar-refractivity contribution in [2.45, 2.75) is 40.5 Å². The van der Waals surface area contributed by atoms with Crippen molar-refractivity contribution in [3.05, 3.63) is 71.8 Å². The molecule has 0 bridgehead atoms.